The van der Waals surface area contributed by atoms with Gasteiger partial charge in [-0.05, 0) is 56.2 Å². The first-order valence-corrected chi connectivity index (χ1v) is 10.2. The van der Waals surface area contributed by atoms with E-state index in [9.17, 15) is 4.79 Å². The van der Waals surface area contributed by atoms with Gasteiger partial charge in [-0.15, -0.1) is 11.3 Å². The maximum Gasteiger partial charge on any atom is 0.303 e. The molecule has 2 N–H and O–H groups in total. The van der Waals surface area contributed by atoms with Crippen LogP contribution in [-0.2, 0) is 11.2 Å². The molecule has 146 valence electrons. The SMILES string of the molecule is CC(C)Oc1ccc(-c2csc(Nc3ccc(CCC(=O)O)cc3)n2)cc1Cl. The Morgan fingerprint density at radius 1 is 1.25 bits per heavy atom. The average molecular weight is 417 g/mol. The van der Waals surface area contributed by atoms with Crippen molar-refractivity contribution in [1.29, 1.82) is 0 Å². The Morgan fingerprint density at radius 3 is 2.64 bits per heavy atom. The molecule has 3 rings (SSSR count). The fraction of sp³-hybridized carbons (Fsp3) is 0.238. The van der Waals surface area contributed by atoms with Gasteiger partial charge in [-0.2, -0.15) is 0 Å². The zero-order valence-electron chi connectivity index (χ0n) is 15.6. The summed E-state index contributed by atoms with van der Waals surface area (Å²) in [5.74, 6) is -0.126. The number of rotatable bonds is 8. The average Bonchev–Trinajstić information content (AvgIpc) is 3.11. The highest BCUT2D eigenvalue weighted by Crippen LogP contribution is 2.33. The van der Waals surface area contributed by atoms with Crippen LogP contribution < -0.4 is 10.1 Å². The van der Waals surface area contributed by atoms with Crippen LogP contribution in [0.2, 0.25) is 5.02 Å². The number of halogens is 1. The first-order chi connectivity index (χ1) is 13.4. The molecule has 0 saturated heterocycles. The van der Waals surface area contributed by atoms with Crippen LogP contribution in [0.25, 0.3) is 11.3 Å². The van der Waals surface area contributed by atoms with Gasteiger partial charge in [-0.25, -0.2) is 4.98 Å². The van der Waals surface area contributed by atoms with Crippen molar-refractivity contribution in [2.24, 2.45) is 0 Å². The Balaban J connectivity index is 1.67. The van der Waals surface area contributed by atoms with Crippen molar-refractivity contribution < 1.29 is 14.6 Å². The van der Waals surface area contributed by atoms with Crippen LogP contribution in [0, 0.1) is 0 Å². The molecular formula is C21H21ClN2O3S. The van der Waals surface area contributed by atoms with Gasteiger partial charge in [0.05, 0.1) is 16.8 Å². The van der Waals surface area contributed by atoms with Crippen molar-refractivity contribution in [3.63, 3.8) is 0 Å². The van der Waals surface area contributed by atoms with Gasteiger partial charge in [0.15, 0.2) is 5.13 Å². The molecule has 0 amide bonds. The lowest BCUT2D eigenvalue weighted by atomic mass is 10.1. The number of hydrogen-bond acceptors (Lipinski definition) is 5. The molecule has 0 fully saturated rings. The highest BCUT2D eigenvalue weighted by atomic mass is 35.5. The molecule has 0 unspecified atom stereocenters. The largest absolute Gasteiger partial charge is 0.489 e. The summed E-state index contributed by atoms with van der Waals surface area (Å²) < 4.78 is 5.67. The summed E-state index contributed by atoms with van der Waals surface area (Å²) in [5.41, 5.74) is 3.66. The van der Waals surface area contributed by atoms with Crippen molar-refractivity contribution in [2.75, 3.05) is 5.32 Å². The smallest absolute Gasteiger partial charge is 0.303 e. The Kier molecular flexibility index (Phi) is 6.54. The number of anilines is 2. The second-order valence-corrected chi connectivity index (χ2v) is 7.83. The molecular weight excluding hydrogens is 396 g/mol. The molecule has 28 heavy (non-hydrogen) atoms. The fourth-order valence-electron chi connectivity index (χ4n) is 2.60. The second-order valence-electron chi connectivity index (χ2n) is 6.57. The zero-order valence-corrected chi connectivity index (χ0v) is 17.2. The van der Waals surface area contributed by atoms with Crippen LogP contribution in [0.5, 0.6) is 5.75 Å². The molecule has 0 aliphatic carbocycles. The third-order valence-corrected chi connectivity index (χ3v) is 4.98. The van der Waals surface area contributed by atoms with Gasteiger partial charge in [0, 0.05) is 23.1 Å². The standard InChI is InChI=1S/C21H21ClN2O3S/c1-13(2)27-19-9-6-15(11-17(19)22)18-12-28-21(24-18)23-16-7-3-14(4-8-16)5-10-20(25)26/h3-4,6-9,11-13H,5,10H2,1-2H3,(H,23,24)(H,25,26). The van der Waals surface area contributed by atoms with E-state index in [4.69, 9.17) is 21.4 Å². The number of carbonyl (C=O) groups is 1. The predicted molar refractivity (Wildman–Crippen MR) is 114 cm³/mol. The molecule has 0 bridgehead atoms. The van der Waals surface area contributed by atoms with E-state index in [0.29, 0.717) is 17.2 Å². The number of benzene rings is 2. The van der Waals surface area contributed by atoms with Crippen LogP contribution >= 0.6 is 22.9 Å². The van der Waals surface area contributed by atoms with E-state index in [0.717, 1.165) is 27.6 Å². The zero-order chi connectivity index (χ0) is 20.1. The molecule has 0 saturated carbocycles. The second kappa shape index (κ2) is 9.08. The van der Waals surface area contributed by atoms with E-state index < -0.39 is 5.97 Å². The summed E-state index contributed by atoms with van der Waals surface area (Å²) in [6, 6.07) is 13.4. The Morgan fingerprint density at radius 2 is 2.00 bits per heavy atom. The molecule has 5 nitrogen and oxygen atoms in total. The van der Waals surface area contributed by atoms with Crippen molar-refractivity contribution in [3.8, 4) is 17.0 Å². The highest BCUT2D eigenvalue weighted by Gasteiger charge is 2.10. The number of thiazole rings is 1. The van der Waals surface area contributed by atoms with E-state index >= 15 is 0 Å². The Hall–Kier alpha value is -2.57. The number of carboxylic acid groups (broad SMARTS) is 1. The summed E-state index contributed by atoms with van der Waals surface area (Å²) in [5, 5.41) is 15.3. The van der Waals surface area contributed by atoms with Crippen molar-refractivity contribution >= 4 is 39.7 Å². The number of aryl methyl sites for hydroxylation is 1. The lowest BCUT2D eigenvalue weighted by Gasteiger charge is -2.11. The van der Waals surface area contributed by atoms with Crippen LogP contribution in [0.4, 0.5) is 10.8 Å². The molecule has 3 aromatic rings. The fourth-order valence-corrected chi connectivity index (χ4v) is 3.57. The molecule has 0 spiro atoms. The summed E-state index contributed by atoms with van der Waals surface area (Å²) in [7, 11) is 0. The number of ether oxygens (including phenoxy) is 1. The van der Waals surface area contributed by atoms with Gasteiger partial charge in [0.1, 0.15) is 5.75 Å². The minimum absolute atomic E-state index is 0.0638. The molecule has 0 atom stereocenters. The molecule has 0 aliphatic heterocycles. The van der Waals surface area contributed by atoms with E-state index in [-0.39, 0.29) is 12.5 Å². The van der Waals surface area contributed by atoms with E-state index in [1.54, 1.807) is 0 Å². The lowest BCUT2D eigenvalue weighted by Crippen LogP contribution is -2.05. The lowest BCUT2D eigenvalue weighted by molar-refractivity contribution is -0.136. The summed E-state index contributed by atoms with van der Waals surface area (Å²) >= 11 is 7.82. The van der Waals surface area contributed by atoms with Gasteiger partial charge in [-0.1, -0.05) is 23.7 Å². The topological polar surface area (TPSA) is 71.5 Å². The third kappa shape index (κ3) is 5.47. The van der Waals surface area contributed by atoms with Crippen molar-refractivity contribution in [3.05, 3.63) is 58.4 Å². The highest BCUT2D eigenvalue weighted by molar-refractivity contribution is 7.14. The maximum absolute atomic E-state index is 10.7. The molecule has 2 aromatic carbocycles. The number of aliphatic carboxylic acids is 1. The summed E-state index contributed by atoms with van der Waals surface area (Å²) in [6.07, 6.45) is 0.717. The number of hydrogen-bond donors (Lipinski definition) is 2. The van der Waals surface area contributed by atoms with Gasteiger partial charge in [-0.3, -0.25) is 4.79 Å². The first-order valence-electron chi connectivity index (χ1n) is 8.90. The quantitative estimate of drug-likeness (QED) is 0.470. The van der Waals surface area contributed by atoms with Gasteiger partial charge in [0.2, 0.25) is 0 Å². The summed E-state index contributed by atoms with van der Waals surface area (Å²) in [4.78, 5) is 15.3. The van der Waals surface area contributed by atoms with E-state index in [1.165, 1.54) is 11.3 Å². The molecule has 0 aliphatic rings. The number of carboxylic acids is 1. The minimum atomic E-state index is -0.790. The number of aromatic nitrogens is 1. The molecule has 1 aromatic heterocycles. The minimum Gasteiger partial charge on any atom is -0.489 e. The summed E-state index contributed by atoms with van der Waals surface area (Å²) in [6.45, 7) is 3.92. The normalized spacial score (nSPS) is 10.9. The van der Waals surface area contributed by atoms with Gasteiger partial charge < -0.3 is 15.2 Å². The molecule has 0 radical (unpaired) electrons. The van der Waals surface area contributed by atoms with E-state index in [2.05, 4.69) is 10.3 Å². The van der Waals surface area contributed by atoms with Crippen LogP contribution in [0.1, 0.15) is 25.8 Å². The van der Waals surface area contributed by atoms with Gasteiger partial charge >= 0.3 is 5.97 Å². The molecule has 7 heteroatoms. The molecule has 1 heterocycles. The van der Waals surface area contributed by atoms with Gasteiger partial charge in [0.25, 0.3) is 0 Å². The van der Waals surface area contributed by atoms with Crippen LogP contribution in [-0.4, -0.2) is 22.2 Å². The third-order valence-electron chi connectivity index (χ3n) is 3.93. The van der Waals surface area contributed by atoms with Crippen LogP contribution in [0.15, 0.2) is 47.8 Å². The van der Waals surface area contributed by atoms with Crippen molar-refractivity contribution in [1.82, 2.24) is 4.98 Å². The number of nitrogens with one attached hydrogen (secondary N) is 1. The monoisotopic (exact) mass is 416 g/mol. The maximum atomic E-state index is 10.7. The first kappa shape index (κ1) is 20.2. The Bertz CT molecular complexity index is 955. The number of nitrogens with zero attached hydrogens (tertiary/aromatic N) is 1. The Labute approximate surface area is 173 Å². The van der Waals surface area contributed by atoms with Crippen LogP contribution in [0.3, 0.4) is 0 Å². The predicted octanol–water partition coefficient (Wildman–Crippen LogP) is 6.01. The van der Waals surface area contributed by atoms with Crippen molar-refractivity contribution in [2.45, 2.75) is 32.8 Å². The van der Waals surface area contributed by atoms with E-state index in [1.807, 2.05) is 61.7 Å².